The number of carbonyl (C=O) groups is 1. The van der Waals surface area contributed by atoms with Crippen LogP contribution in [0, 0.1) is 13.8 Å². The van der Waals surface area contributed by atoms with Crippen molar-refractivity contribution in [2.24, 2.45) is 0 Å². The van der Waals surface area contributed by atoms with E-state index in [4.69, 9.17) is 4.74 Å². The number of nitrogens with one attached hydrogen (secondary N) is 1. The molecule has 1 saturated heterocycles. The third kappa shape index (κ3) is 5.69. The lowest BCUT2D eigenvalue weighted by atomic mass is 10.1. The van der Waals surface area contributed by atoms with E-state index >= 15 is 0 Å². The largest absolute Gasteiger partial charge is 0.490 e. The van der Waals surface area contributed by atoms with Crippen molar-refractivity contribution in [3.8, 4) is 5.75 Å². The number of ether oxygens (including phenoxy) is 1. The van der Waals surface area contributed by atoms with Crippen molar-refractivity contribution in [1.82, 2.24) is 15.1 Å². The Balaban J connectivity index is 1.35. The molecule has 0 aromatic heterocycles. The number of para-hydroxylation sites is 1. The number of benzene rings is 1. The second-order valence-corrected chi connectivity index (χ2v) is 7.60. The van der Waals surface area contributed by atoms with Gasteiger partial charge in [-0.15, -0.1) is 0 Å². The van der Waals surface area contributed by atoms with Crippen LogP contribution in [0.2, 0.25) is 0 Å². The normalized spacial score (nSPS) is 20.0. The van der Waals surface area contributed by atoms with Crippen LogP contribution in [-0.4, -0.2) is 78.8 Å². The molecule has 6 heteroatoms. The minimum atomic E-state index is -0.515. The summed E-state index contributed by atoms with van der Waals surface area (Å²) >= 11 is 0. The molecule has 1 heterocycles. The van der Waals surface area contributed by atoms with Crippen LogP contribution >= 0.6 is 0 Å². The molecule has 1 aromatic rings. The predicted octanol–water partition coefficient (Wildman–Crippen LogP) is 0.939. The number of aryl methyl sites for hydroxylation is 2. The van der Waals surface area contributed by atoms with Crippen molar-refractivity contribution in [3.63, 3.8) is 0 Å². The van der Waals surface area contributed by atoms with Crippen LogP contribution in [0.1, 0.15) is 24.0 Å². The number of rotatable bonds is 8. The lowest BCUT2D eigenvalue weighted by molar-refractivity contribution is -0.122. The van der Waals surface area contributed by atoms with Crippen molar-refractivity contribution in [2.75, 3.05) is 45.9 Å². The van der Waals surface area contributed by atoms with E-state index < -0.39 is 6.10 Å². The molecule has 3 rings (SSSR count). The van der Waals surface area contributed by atoms with E-state index in [2.05, 4.69) is 15.1 Å². The Morgan fingerprint density at radius 3 is 2.42 bits per heavy atom. The zero-order chi connectivity index (χ0) is 18.5. The fourth-order valence-corrected chi connectivity index (χ4v) is 3.39. The first-order chi connectivity index (χ1) is 12.5. The van der Waals surface area contributed by atoms with E-state index in [1.165, 1.54) is 0 Å². The highest BCUT2D eigenvalue weighted by Crippen LogP contribution is 2.22. The van der Waals surface area contributed by atoms with Gasteiger partial charge in [-0.1, -0.05) is 18.2 Å². The quantitative estimate of drug-likeness (QED) is 0.721. The number of amides is 1. The van der Waals surface area contributed by atoms with Crippen LogP contribution < -0.4 is 10.1 Å². The van der Waals surface area contributed by atoms with Gasteiger partial charge >= 0.3 is 0 Å². The molecule has 1 aliphatic heterocycles. The molecule has 1 atom stereocenters. The summed E-state index contributed by atoms with van der Waals surface area (Å²) in [6.45, 7) is 8.91. The molecule has 1 aliphatic carbocycles. The minimum absolute atomic E-state index is 0.142. The number of aliphatic hydroxyl groups excluding tert-OH is 1. The number of carbonyl (C=O) groups excluding carboxylic acids is 1. The van der Waals surface area contributed by atoms with Crippen LogP contribution in [0.4, 0.5) is 0 Å². The highest BCUT2D eigenvalue weighted by molar-refractivity contribution is 5.78. The van der Waals surface area contributed by atoms with Crippen LogP contribution in [0.15, 0.2) is 18.2 Å². The second-order valence-electron chi connectivity index (χ2n) is 7.60. The molecule has 0 bridgehead atoms. The number of aliphatic hydroxyl groups is 1. The summed E-state index contributed by atoms with van der Waals surface area (Å²) in [5.41, 5.74) is 2.19. The van der Waals surface area contributed by atoms with E-state index in [0.29, 0.717) is 25.7 Å². The summed E-state index contributed by atoms with van der Waals surface area (Å²) < 4.78 is 5.85. The van der Waals surface area contributed by atoms with Gasteiger partial charge in [-0.2, -0.15) is 0 Å². The van der Waals surface area contributed by atoms with Crippen molar-refractivity contribution in [3.05, 3.63) is 29.3 Å². The Morgan fingerprint density at radius 2 is 1.81 bits per heavy atom. The summed E-state index contributed by atoms with van der Waals surface area (Å²) in [4.78, 5) is 16.3. The molecule has 1 saturated carbocycles. The number of β-amino-alcohol motifs (C(OH)–C–C–N with tert-alkyl or cyclic N) is 1. The van der Waals surface area contributed by atoms with Gasteiger partial charge in [-0.25, -0.2) is 0 Å². The third-order valence-electron chi connectivity index (χ3n) is 5.07. The molecule has 2 aliphatic rings. The van der Waals surface area contributed by atoms with Gasteiger partial charge in [-0.3, -0.25) is 14.6 Å². The monoisotopic (exact) mass is 361 g/mol. The molecule has 0 spiro atoms. The summed E-state index contributed by atoms with van der Waals surface area (Å²) in [5, 5.41) is 13.4. The lowest BCUT2D eigenvalue weighted by Gasteiger charge is -2.35. The lowest BCUT2D eigenvalue weighted by Crippen LogP contribution is -2.51. The summed E-state index contributed by atoms with van der Waals surface area (Å²) in [7, 11) is 0. The van der Waals surface area contributed by atoms with Gasteiger partial charge in [0.05, 0.1) is 6.54 Å². The van der Waals surface area contributed by atoms with Crippen LogP contribution in [0.25, 0.3) is 0 Å². The molecule has 1 aromatic carbocycles. The predicted molar refractivity (Wildman–Crippen MR) is 101 cm³/mol. The molecule has 144 valence electrons. The van der Waals surface area contributed by atoms with Crippen LogP contribution in [-0.2, 0) is 4.79 Å². The molecule has 26 heavy (non-hydrogen) atoms. The zero-order valence-corrected chi connectivity index (χ0v) is 15.9. The molecule has 1 amide bonds. The van der Waals surface area contributed by atoms with Crippen LogP contribution in [0.5, 0.6) is 5.75 Å². The number of nitrogens with zero attached hydrogens (tertiary/aromatic N) is 2. The van der Waals surface area contributed by atoms with Gasteiger partial charge in [0.25, 0.3) is 0 Å². The zero-order valence-electron chi connectivity index (χ0n) is 15.9. The maximum atomic E-state index is 11.9. The van der Waals surface area contributed by atoms with Gasteiger partial charge in [0.1, 0.15) is 18.5 Å². The summed E-state index contributed by atoms with van der Waals surface area (Å²) in [6.07, 6.45) is 1.74. The van der Waals surface area contributed by atoms with Gasteiger partial charge in [0.2, 0.25) is 5.91 Å². The van der Waals surface area contributed by atoms with Gasteiger partial charge in [-0.05, 0) is 37.8 Å². The molecular formula is C20H31N3O3. The molecule has 2 N–H and O–H groups in total. The average Bonchev–Trinajstić information content (AvgIpc) is 3.40. The smallest absolute Gasteiger partial charge is 0.234 e. The Hall–Kier alpha value is -1.63. The van der Waals surface area contributed by atoms with Crippen molar-refractivity contribution in [2.45, 2.75) is 38.8 Å². The maximum absolute atomic E-state index is 11.9. The van der Waals surface area contributed by atoms with Crippen molar-refractivity contribution in [1.29, 1.82) is 0 Å². The first kappa shape index (κ1) is 19.1. The third-order valence-corrected chi connectivity index (χ3v) is 5.07. The first-order valence-corrected chi connectivity index (χ1v) is 9.62. The summed E-state index contributed by atoms with van der Waals surface area (Å²) in [6, 6.07) is 6.48. The Morgan fingerprint density at radius 1 is 1.19 bits per heavy atom. The van der Waals surface area contributed by atoms with Crippen molar-refractivity contribution < 1.29 is 14.6 Å². The molecule has 0 radical (unpaired) electrons. The molecule has 2 fully saturated rings. The van der Waals surface area contributed by atoms with E-state index in [1.54, 1.807) is 0 Å². The van der Waals surface area contributed by atoms with Gasteiger partial charge < -0.3 is 15.2 Å². The number of hydrogen-bond donors (Lipinski definition) is 2. The van der Waals surface area contributed by atoms with Gasteiger partial charge in [0, 0.05) is 38.8 Å². The fraction of sp³-hybridized carbons (Fsp3) is 0.650. The summed E-state index contributed by atoms with van der Waals surface area (Å²) in [5.74, 6) is 1.01. The van der Waals surface area contributed by atoms with Crippen molar-refractivity contribution >= 4 is 5.91 Å². The van der Waals surface area contributed by atoms with E-state index in [-0.39, 0.29) is 5.91 Å². The molecule has 1 unspecified atom stereocenters. The second kappa shape index (κ2) is 8.84. The van der Waals surface area contributed by atoms with E-state index in [0.717, 1.165) is 55.9 Å². The first-order valence-electron chi connectivity index (χ1n) is 9.62. The van der Waals surface area contributed by atoms with E-state index in [1.807, 2.05) is 32.0 Å². The minimum Gasteiger partial charge on any atom is -0.490 e. The standard InChI is InChI=1S/C20H31N3O3/c1-15-4-3-5-16(2)20(15)26-14-18(24)12-22-8-10-23(11-9-22)13-19(25)21-17-6-7-17/h3-5,17-18,24H,6-14H2,1-2H3,(H,21,25). The topological polar surface area (TPSA) is 65.0 Å². The van der Waals surface area contributed by atoms with Gasteiger partial charge in [0.15, 0.2) is 0 Å². The molecular weight excluding hydrogens is 330 g/mol. The maximum Gasteiger partial charge on any atom is 0.234 e. The Kier molecular flexibility index (Phi) is 6.51. The van der Waals surface area contributed by atoms with Crippen LogP contribution in [0.3, 0.4) is 0 Å². The highest BCUT2D eigenvalue weighted by Gasteiger charge is 2.25. The molecule has 6 nitrogen and oxygen atoms in total. The SMILES string of the molecule is Cc1cccc(C)c1OCC(O)CN1CCN(CC(=O)NC2CC2)CC1. The van der Waals surface area contributed by atoms with E-state index in [9.17, 15) is 9.90 Å². The highest BCUT2D eigenvalue weighted by atomic mass is 16.5. The Bertz CT molecular complexity index is 590. The Labute approximate surface area is 156 Å². The number of piperazine rings is 1. The average molecular weight is 361 g/mol. The number of hydrogen-bond acceptors (Lipinski definition) is 5. The fourth-order valence-electron chi connectivity index (χ4n) is 3.39.